The summed E-state index contributed by atoms with van der Waals surface area (Å²) in [4.78, 5) is 54.4. The second kappa shape index (κ2) is 11.7. The van der Waals surface area contributed by atoms with Gasteiger partial charge in [-0.2, -0.15) is 26.3 Å². The second-order valence-corrected chi connectivity index (χ2v) is 13.4. The van der Waals surface area contributed by atoms with Gasteiger partial charge in [0.2, 0.25) is 17.7 Å². The fourth-order valence-electron chi connectivity index (χ4n) is 5.56. The van der Waals surface area contributed by atoms with Gasteiger partial charge < -0.3 is 5.32 Å². The van der Waals surface area contributed by atoms with Gasteiger partial charge >= 0.3 is 17.2 Å². The second-order valence-electron chi connectivity index (χ2n) is 10.4. The number of hydrogen-bond acceptors (Lipinski definition) is 6. The molecule has 238 valence electrons. The van der Waals surface area contributed by atoms with Gasteiger partial charge in [0.1, 0.15) is 11.8 Å². The van der Waals surface area contributed by atoms with E-state index in [1.807, 2.05) is 0 Å². The molecule has 1 saturated heterocycles. The molecule has 0 bridgehead atoms. The molecule has 0 radical (unpaired) electrons. The molecular formula is C30H18BrF6N3O4S2. The number of thioether (sulfide) groups is 1. The molecule has 16 heteroatoms. The summed E-state index contributed by atoms with van der Waals surface area (Å²) in [5, 5.41) is 1.17. The molecule has 6 rings (SSSR count). The Balaban J connectivity index is 1.40. The zero-order chi connectivity index (χ0) is 33.1. The van der Waals surface area contributed by atoms with Gasteiger partial charge in [-0.1, -0.05) is 69.4 Å². The van der Waals surface area contributed by atoms with E-state index in [0.29, 0.717) is 37.2 Å². The Morgan fingerprint density at radius 3 is 2.28 bits per heavy atom. The van der Waals surface area contributed by atoms with Crippen LogP contribution in [0.15, 0.2) is 87.1 Å². The maximum absolute atomic E-state index is 13.9. The normalized spacial score (nSPS) is 19.6. The predicted molar refractivity (Wildman–Crippen MR) is 162 cm³/mol. The first-order valence-electron chi connectivity index (χ1n) is 13.3. The van der Waals surface area contributed by atoms with Crippen molar-refractivity contribution in [3.63, 3.8) is 0 Å². The number of amides is 3. The highest BCUT2D eigenvalue weighted by molar-refractivity contribution is 9.10. The van der Waals surface area contributed by atoms with E-state index in [1.165, 1.54) is 12.1 Å². The SMILES string of the molecule is O=C(Cn1c2c(sc1=O)C(c1cccc(Br)c1)C1C(=O)N(c3cccc(C(F)(F)F)c3)C(=O)C1S2)Nc1ccccc1C(F)(F)F. The Bertz CT molecular complexity index is 1960. The third kappa shape index (κ3) is 5.77. The minimum absolute atomic E-state index is 0.160. The first-order valence-corrected chi connectivity index (χ1v) is 15.8. The van der Waals surface area contributed by atoms with Gasteiger partial charge in [-0.3, -0.25) is 23.7 Å². The lowest BCUT2D eigenvalue weighted by Gasteiger charge is -2.30. The van der Waals surface area contributed by atoms with Crippen LogP contribution < -0.4 is 15.1 Å². The largest absolute Gasteiger partial charge is 0.418 e. The van der Waals surface area contributed by atoms with Crippen LogP contribution in [0.1, 0.15) is 27.5 Å². The molecule has 1 aromatic heterocycles. The molecule has 46 heavy (non-hydrogen) atoms. The number of thiazole rings is 1. The molecule has 0 saturated carbocycles. The minimum atomic E-state index is -4.76. The van der Waals surface area contributed by atoms with Crippen LogP contribution in [0, 0.1) is 5.92 Å². The van der Waals surface area contributed by atoms with Crippen LogP contribution in [0.3, 0.4) is 0 Å². The Morgan fingerprint density at radius 2 is 1.59 bits per heavy atom. The molecule has 3 aromatic carbocycles. The van der Waals surface area contributed by atoms with E-state index in [1.54, 1.807) is 24.3 Å². The zero-order valence-corrected chi connectivity index (χ0v) is 26.1. The average molecular weight is 743 g/mol. The van der Waals surface area contributed by atoms with Gasteiger partial charge in [0.25, 0.3) is 0 Å². The number of nitrogens with zero attached hydrogens (tertiary/aromatic N) is 2. The van der Waals surface area contributed by atoms with Crippen molar-refractivity contribution in [2.24, 2.45) is 5.92 Å². The van der Waals surface area contributed by atoms with E-state index in [4.69, 9.17) is 0 Å². The molecule has 3 amide bonds. The summed E-state index contributed by atoms with van der Waals surface area (Å²) in [5.74, 6) is -4.53. The van der Waals surface area contributed by atoms with Crippen molar-refractivity contribution >= 4 is 68.1 Å². The highest BCUT2D eigenvalue weighted by atomic mass is 79.9. The number of carbonyl (C=O) groups is 3. The number of anilines is 2. The topological polar surface area (TPSA) is 88.5 Å². The van der Waals surface area contributed by atoms with Crippen molar-refractivity contribution in [2.75, 3.05) is 10.2 Å². The number of benzene rings is 3. The number of imide groups is 1. The van der Waals surface area contributed by atoms with Crippen LogP contribution in [0.5, 0.6) is 0 Å². The summed E-state index contributed by atoms with van der Waals surface area (Å²) in [7, 11) is 0. The fraction of sp³-hybridized carbons (Fsp3) is 0.200. The Hall–Kier alpha value is -3.89. The molecule has 2 aliphatic heterocycles. The van der Waals surface area contributed by atoms with Crippen molar-refractivity contribution in [3.8, 4) is 0 Å². The number of aromatic nitrogens is 1. The Labute approximate surface area is 272 Å². The first kappa shape index (κ1) is 32.1. The van der Waals surface area contributed by atoms with Crippen LogP contribution in [-0.4, -0.2) is 27.5 Å². The lowest BCUT2D eigenvalue weighted by atomic mass is 9.83. The standard InChI is InChI=1S/C30H18BrF6N3O4S2/c31-16-7-3-5-14(11-16)21-22-23(26(43)40(25(22)42)17-8-4-6-15(12-17)29(32,33)34)45-27-24(21)46-28(44)39(27)13-20(41)38-19-10-2-1-9-18(19)30(35,36)37/h1-12,21-23H,13H2,(H,38,41). The van der Waals surface area contributed by atoms with Crippen LogP contribution in [0.4, 0.5) is 37.7 Å². The lowest BCUT2D eigenvalue weighted by molar-refractivity contribution is -0.138. The summed E-state index contributed by atoms with van der Waals surface area (Å²) in [6.07, 6.45) is -9.49. The van der Waals surface area contributed by atoms with Gasteiger partial charge in [0.05, 0.1) is 33.4 Å². The quantitative estimate of drug-likeness (QED) is 0.174. The molecule has 0 aliphatic carbocycles. The number of fused-ring (bicyclic) bond motifs is 2. The monoisotopic (exact) mass is 741 g/mol. The summed E-state index contributed by atoms with van der Waals surface area (Å²) < 4.78 is 82.6. The number of para-hydroxylation sites is 1. The van der Waals surface area contributed by atoms with Crippen molar-refractivity contribution < 1.29 is 40.7 Å². The van der Waals surface area contributed by atoms with Gasteiger partial charge in [0, 0.05) is 15.3 Å². The fourth-order valence-corrected chi connectivity index (χ4v) is 8.75. The molecule has 7 nitrogen and oxygen atoms in total. The lowest BCUT2D eigenvalue weighted by Crippen LogP contribution is -2.33. The van der Waals surface area contributed by atoms with Gasteiger partial charge in [0.15, 0.2) is 0 Å². The van der Waals surface area contributed by atoms with E-state index < -0.39 is 75.4 Å². The summed E-state index contributed by atoms with van der Waals surface area (Å²) in [6, 6.07) is 14.9. The maximum atomic E-state index is 13.9. The Kier molecular flexibility index (Phi) is 8.17. The Morgan fingerprint density at radius 1 is 0.870 bits per heavy atom. The van der Waals surface area contributed by atoms with Crippen molar-refractivity contribution in [1.29, 1.82) is 0 Å². The number of carbonyl (C=O) groups excluding carboxylic acids is 3. The minimum Gasteiger partial charge on any atom is -0.324 e. The van der Waals surface area contributed by atoms with Crippen molar-refractivity contribution in [3.05, 3.63) is 109 Å². The molecule has 3 unspecified atom stereocenters. The van der Waals surface area contributed by atoms with E-state index in [0.717, 1.165) is 46.7 Å². The van der Waals surface area contributed by atoms with E-state index in [2.05, 4.69) is 21.2 Å². The predicted octanol–water partition coefficient (Wildman–Crippen LogP) is 7.14. The summed E-state index contributed by atoms with van der Waals surface area (Å²) >= 11 is 4.91. The number of nitrogens with one attached hydrogen (secondary N) is 1. The van der Waals surface area contributed by atoms with E-state index in [9.17, 15) is 45.5 Å². The van der Waals surface area contributed by atoms with Gasteiger partial charge in [-0.25, -0.2) is 4.90 Å². The van der Waals surface area contributed by atoms with E-state index in [-0.39, 0.29) is 10.7 Å². The number of hydrogen-bond donors (Lipinski definition) is 1. The summed E-state index contributed by atoms with van der Waals surface area (Å²) in [5.41, 5.74) is -2.39. The molecular weight excluding hydrogens is 724 g/mol. The highest BCUT2D eigenvalue weighted by Gasteiger charge is 2.57. The smallest absolute Gasteiger partial charge is 0.324 e. The van der Waals surface area contributed by atoms with Gasteiger partial charge in [-0.15, -0.1) is 0 Å². The van der Waals surface area contributed by atoms with E-state index >= 15 is 0 Å². The van der Waals surface area contributed by atoms with Crippen LogP contribution >= 0.6 is 39.0 Å². The molecule has 2 aliphatic rings. The molecule has 3 heterocycles. The first-order chi connectivity index (χ1) is 21.6. The summed E-state index contributed by atoms with van der Waals surface area (Å²) in [6.45, 7) is -0.702. The molecule has 4 aromatic rings. The third-order valence-corrected chi connectivity index (χ3v) is 10.6. The zero-order valence-electron chi connectivity index (χ0n) is 22.9. The highest BCUT2D eigenvalue weighted by Crippen LogP contribution is 2.54. The number of alkyl halides is 6. The number of rotatable bonds is 5. The molecule has 3 atom stereocenters. The third-order valence-electron chi connectivity index (χ3n) is 7.50. The van der Waals surface area contributed by atoms with Crippen molar-refractivity contribution in [1.82, 2.24) is 4.57 Å². The van der Waals surface area contributed by atoms with Gasteiger partial charge in [-0.05, 0) is 48.0 Å². The van der Waals surface area contributed by atoms with Crippen LogP contribution in [0.2, 0.25) is 0 Å². The molecule has 0 spiro atoms. The molecule has 1 fully saturated rings. The maximum Gasteiger partial charge on any atom is 0.418 e. The molecule has 1 N–H and O–H groups in total. The van der Waals surface area contributed by atoms with Crippen LogP contribution in [0.25, 0.3) is 0 Å². The van der Waals surface area contributed by atoms with Crippen LogP contribution in [-0.2, 0) is 33.3 Å². The van der Waals surface area contributed by atoms with Crippen molar-refractivity contribution in [2.45, 2.75) is 35.1 Å². The average Bonchev–Trinajstić information content (AvgIpc) is 3.42. The number of halogens is 7.